The predicted molar refractivity (Wildman–Crippen MR) is 60.5 cm³/mol. The van der Waals surface area contributed by atoms with Gasteiger partial charge < -0.3 is 5.32 Å². The van der Waals surface area contributed by atoms with Gasteiger partial charge in [0.2, 0.25) is 0 Å². The van der Waals surface area contributed by atoms with E-state index in [0.29, 0.717) is 5.69 Å². The Morgan fingerprint density at radius 3 is 2.60 bits per heavy atom. The van der Waals surface area contributed by atoms with E-state index >= 15 is 0 Å². The molecule has 0 saturated carbocycles. The maximum atomic E-state index is 11.8. The number of hydrogen-bond acceptors (Lipinski definition) is 2. The average molecular weight is 250 g/mol. The van der Waals surface area contributed by atoms with Crippen LogP contribution in [-0.4, -0.2) is 33.0 Å². The number of aryl methyl sites for hydroxylation is 1. The molecule has 6 heteroatoms. The lowest BCUT2D eigenvalue weighted by Gasteiger charge is -2.25. The summed E-state index contributed by atoms with van der Waals surface area (Å²) in [5.74, 6) is 0.305. The lowest BCUT2D eigenvalue weighted by molar-refractivity contribution is 0.0911. The third-order valence-corrected chi connectivity index (χ3v) is 3.24. The van der Waals surface area contributed by atoms with Gasteiger partial charge in [-0.05, 0) is 13.0 Å². The van der Waals surface area contributed by atoms with Gasteiger partial charge in [-0.3, -0.25) is 9.48 Å². The smallest absolute Gasteiger partial charge is 0.270 e. The second-order valence-corrected chi connectivity index (χ2v) is 4.16. The number of amides is 1. The Morgan fingerprint density at radius 1 is 1.60 bits per heavy atom. The van der Waals surface area contributed by atoms with Crippen LogP contribution in [0.25, 0.3) is 0 Å². The Kier molecular flexibility index (Phi) is 3.99. The average Bonchev–Trinajstić information content (AvgIpc) is 2.64. The molecule has 0 bridgehead atoms. The first-order valence-electron chi connectivity index (χ1n) is 4.45. The van der Waals surface area contributed by atoms with Crippen molar-refractivity contribution in [3.63, 3.8) is 0 Å². The molecule has 0 aliphatic heterocycles. The number of nitrogens with one attached hydrogen (secondary N) is 1. The van der Waals surface area contributed by atoms with Crippen LogP contribution >= 0.6 is 23.2 Å². The standard InChI is InChI=1S/C9H13Cl2N3O/c1-9(5-10,6-11)13-8(15)7-3-4-12-14(7)2/h3-4H,5-6H2,1-2H3,(H,13,15). The van der Waals surface area contributed by atoms with Crippen LogP contribution in [0.4, 0.5) is 0 Å². The van der Waals surface area contributed by atoms with E-state index in [1.165, 1.54) is 4.68 Å². The monoisotopic (exact) mass is 249 g/mol. The SMILES string of the molecule is Cn1nccc1C(=O)NC(C)(CCl)CCl. The van der Waals surface area contributed by atoms with Crippen molar-refractivity contribution in [2.45, 2.75) is 12.5 Å². The van der Waals surface area contributed by atoms with Crippen molar-refractivity contribution in [1.82, 2.24) is 15.1 Å². The molecule has 1 aromatic heterocycles. The van der Waals surface area contributed by atoms with Crippen LogP contribution in [0.5, 0.6) is 0 Å². The maximum Gasteiger partial charge on any atom is 0.270 e. The van der Waals surface area contributed by atoms with Gasteiger partial charge in [0.25, 0.3) is 5.91 Å². The molecular formula is C9H13Cl2N3O. The Bertz CT molecular complexity index is 347. The summed E-state index contributed by atoms with van der Waals surface area (Å²) in [7, 11) is 1.70. The molecule has 1 aromatic rings. The number of nitrogens with zero attached hydrogens (tertiary/aromatic N) is 2. The molecule has 1 amide bonds. The summed E-state index contributed by atoms with van der Waals surface area (Å²) in [5.41, 5.74) is -0.110. The highest BCUT2D eigenvalue weighted by atomic mass is 35.5. The van der Waals surface area contributed by atoms with E-state index in [2.05, 4.69) is 10.4 Å². The summed E-state index contributed by atoms with van der Waals surface area (Å²) < 4.78 is 1.50. The lowest BCUT2D eigenvalue weighted by Crippen LogP contribution is -2.49. The van der Waals surface area contributed by atoms with Crippen molar-refractivity contribution >= 4 is 29.1 Å². The lowest BCUT2D eigenvalue weighted by atomic mass is 10.1. The minimum Gasteiger partial charge on any atom is -0.343 e. The summed E-state index contributed by atoms with van der Waals surface area (Å²) in [6.45, 7) is 1.79. The number of halogens is 2. The molecule has 0 atom stereocenters. The first-order chi connectivity index (χ1) is 7.02. The number of carbonyl (C=O) groups is 1. The second-order valence-electron chi connectivity index (χ2n) is 3.62. The molecule has 84 valence electrons. The summed E-state index contributed by atoms with van der Waals surface area (Å²) >= 11 is 11.5. The van der Waals surface area contributed by atoms with E-state index < -0.39 is 5.54 Å². The molecular weight excluding hydrogens is 237 g/mol. The fourth-order valence-corrected chi connectivity index (χ4v) is 1.46. The van der Waals surface area contributed by atoms with Crippen LogP contribution in [0, 0.1) is 0 Å². The molecule has 0 spiro atoms. The van der Waals surface area contributed by atoms with Crippen LogP contribution in [0.2, 0.25) is 0 Å². The Morgan fingerprint density at radius 2 is 2.20 bits per heavy atom. The fraction of sp³-hybridized carbons (Fsp3) is 0.556. The zero-order chi connectivity index (χ0) is 11.5. The van der Waals surface area contributed by atoms with E-state index in [-0.39, 0.29) is 17.7 Å². The van der Waals surface area contributed by atoms with Gasteiger partial charge in [0.1, 0.15) is 5.69 Å². The molecule has 0 saturated heterocycles. The van der Waals surface area contributed by atoms with Crippen LogP contribution in [-0.2, 0) is 7.05 Å². The van der Waals surface area contributed by atoms with Crippen LogP contribution in [0.1, 0.15) is 17.4 Å². The number of aromatic nitrogens is 2. The zero-order valence-electron chi connectivity index (χ0n) is 8.63. The van der Waals surface area contributed by atoms with Crippen molar-refractivity contribution < 1.29 is 4.79 Å². The van der Waals surface area contributed by atoms with Gasteiger partial charge in [-0.25, -0.2) is 0 Å². The molecule has 0 unspecified atom stereocenters. The molecule has 0 aromatic carbocycles. The third-order valence-electron chi connectivity index (χ3n) is 2.06. The summed E-state index contributed by atoms with van der Waals surface area (Å²) in [5, 5.41) is 6.68. The molecule has 15 heavy (non-hydrogen) atoms. The topological polar surface area (TPSA) is 46.9 Å². The highest BCUT2D eigenvalue weighted by Crippen LogP contribution is 2.10. The Labute approximate surface area is 98.5 Å². The molecule has 0 radical (unpaired) electrons. The van der Waals surface area contributed by atoms with Gasteiger partial charge >= 0.3 is 0 Å². The van der Waals surface area contributed by atoms with Crippen molar-refractivity contribution in [3.8, 4) is 0 Å². The van der Waals surface area contributed by atoms with E-state index in [9.17, 15) is 4.79 Å². The van der Waals surface area contributed by atoms with Gasteiger partial charge in [-0.2, -0.15) is 5.10 Å². The number of rotatable bonds is 4. The molecule has 0 aliphatic rings. The zero-order valence-corrected chi connectivity index (χ0v) is 10.1. The van der Waals surface area contributed by atoms with Gasteiger partial charge in [-0.15, -0.1) is 23.2 Å². The summed E-state index contributed by atoms with van der Waals surface area (Å²) in [6, 6.07) is 1.64. The number of hydrogen-bond donors (Lipinski definition) is 1. The molecule has 0 aliphatic carbocycles. The first kappa shape index (κ1) is 12.3. The predicted octanol–water partition coefficient (Wildman–Crippen LogP) is 1.39. The highest BCUT2D eigenvalue weighted by Gasteiger charge is 2.25. The Balaban J connectivity index is 2.76. The van der Waals surface area contributed by atoms with Crippen LogP contribution in [0.3, 0.4) is 0 Å². The van der Waals surface area contributed by atoms with Crippen molar-refractivity contribution in [1.29, 1.82) is 0 Å². The molecule has 1 N–H and O–H groups in total. The first-order valence-corrected chi connectivity index (χ1v) is 5.52. The third kappa shape index (κ3) is 2.86. The van der Waals surface area contributed by atoms with E-state index in [4.69, 9.17) is 23.2 Å². The van der Waals surface area contributed by atoms with Crippen molar-refractivity contribution in [2.24, 2.45) is 7.05 Å². The van der Waals surface area contributed by atoms with Crippen LogP contribution in [0.15, 0.2) is 12.3 Å². The van der Waals surface area contributed by atoms with Gasteiger partial charge in [0.15, 0.2) is 0 Å². The molecule has 1 rings (SSSR count). The number of carbonyl (C=O) groups excluding carboxylic acids is 1. The van der Waals surface area contributed by atoms with Crippen molar-refractivity contribution in [2.75, 3.05) is 11.8 Å². The Hall–Kier alpha value is -0.740. The van der Waals surface area contributed by atoms with E-state index in [1.807, 2.05) is 0 Å². The molecule has 0 fully saturated rings. The fourth-order valence-electron chi connectivity index (χ4n) is 1.04. The second kappa shape index (κ2) is 4.86. The van der Waals surface area contributed by atoms with Gasteiger partial charge in [0.05, 0.1) is 5.54 Å². The van der Waals surface area contributed by atoms with E-state index in [1.54, 1.807) is 26.2 Å². The van der Waals surface area contributed by atoms with Crippen molar-refractivity contribution in [3.05, 3.63) is 18.0 Å². The van der Waals surface area contributed by atoms with Crippen LogP contribution < -0.4 is 5.32 Å². The molecule has 1 heterocycles. The van der Waals surface area contributed by atoms with E-state index in [0.717, 1.165) is 0 Å². The highest BCUT2D eigenvalue weighted by molar-refractivity contribution is 6.22. The maximum absolute atomic E-state index is 11.8. The summed E-state index contributed by atoms with van der Waals surface area (Å²) in [6.07, 6.45) is 1.56. The molecule has 4 nitrogen and oxygen atoms in total. The minimum atomic E-state index is -0.593. The normalized spacial score (nSPS) is 11.5. The quantitative estimate of drug-likeness (QED) is 0.821. The summed E-state index contributed by atoms with van der Waals surface area (Å²) in [4.78, 5) is 11.8. The van der Waals surface area contributed by atoms with Gasteiger partial charge in [-0.1, -0.05) is 0 Å². The largest absolute Gasteiger partial charge is 0.343 e. The number of alkyl halides is 2. The minimum absolute atomic E-state index is 0.223. The van der Waals surface area contributed by atoms with Gasteiger partial charge in [0, 0.05) is 25.0 Å².